The zero-order valence-corrected chi connectivity index (χ0v) is 15.0. The second-order valence-corrected chi connectivity index (χ2v) is 7.13. The van der Waals surface area contributed by atoms with Crippen LogP contribution in [-0.4, -0.2) is 43.0 Å². The summed E-state index contributed by atoms with van der Waals surface area (Å²) in [4.78, 5) is 20.5. The monoisotopic (exact) mass is 325 g/mol. The van der Waals surface area contributed by atoms with Crippen LogP contribution < -0.4 is 4.90 Å². The number of fused-ring (bicyclic) bond motifs is 1. The number of aryl methyl sites for hydroxylation is 1. The van der Waals surface area contributed by atoms with Crippen LogP contribution in [0, 0.1) is 12.8 Å². The molecule has 0 aliphatic carbocycles. The third kappa shape index (κ3) is 3.69. The maximum atomic E-state index is 11.9. The van der Waals surface area contributed by atoms with Crippen molar-refractivity contribution < 1.29 is 4.79 Å². The number of hydrogen-bond donors (Lipinski definition) is 0. The number of amides is 1. The van der Waals surface area contributed by atoms with Crippen LogP contribution in [0.25, 0.3) is 10.9 Å². The summed E-state index contributed by atoms with van der Waals surface area (Å²) in [6.07, 6.45) is 5.96. The van der Waals surface area contributed by atoms with Gasteiger partial charge < -0.3 is 9.80 Å². The zero-order valence-electron chi connectivity index (χ0n) is 15.0. The number of benzene rings is 1. The van der Waals surface area contributed by atoms with Crippen LogP contribution in [0.3, 0.4) is 0 Å². The Labute approximate surface area is 144 Å². The molecule has 128 valence electrons. The van der Waals surface area contributed by atoms with Crippen molar-refractivity contribution in [2.24, 2.45) is 5.92 Å². The molecule has 0 bridgehead atoms. The zero-order chi connectivity index (χ0) is 17.1. The average Bonchev–Trinajstić information content (AvgIpc) is 2.59. The highest BCUT2D eigenvalue weighted by atomic mass is 16.2. The van der Waals surface area contributed by atoms with Gasteiger partial charge in [-0.05, 0) is 50.3 Å². The van der Waals surface area contributed by atoms with Gasteiger partial charge >= 0.3 is 0 Å². The van der Waals surface area contributed by atoms with E-state index >= 15 is 0 Å². The molecular formula is C20H27N3O. The summed E-state index contributed by atoms with van der Waals surface area (Å²) in [7, 11) is 3.67. The molecule has 24 heavy (non-hydrogen) atoms. The van der Waals surface area contributed by atoms with Gasteiger partial charge in [0.1, 0.15) is 0 Å². The standard InChI is InChI=1S/C20H27N3O/c1-15-6-8-18-17(13-15)19(10-11-21-18)23-12-4-5-16(14-23)7-9-20(24)22(2)3/h6,8,10-11,13,16H,4-5,7,9,12,14H2,1-3H3/t16-/m1/s1. The van der Waals surface area contributed by atoms with Gasteiger partial charge in [-0.2, -0.15) is 0 Å². The highest BCUT2D eigenvalue weighted by Gasteiger charge is 2.22. The lowest BCUT2D eigenvalue weighted by molar-refractivity contribution is -0.129. The maximum Gasteiger partial charge on any atom is 0.222 e. The third-order valence-corrected chi connectivity index (χ3v) is 5.00. The molecule has 0 saturated carbocycles. The molecule has 2 aromatic rings. The average molecular weight is 325 g/mol. The largest absolute Gasteiger partial charge is 0.371 e. The van der Waals surface area contributed by atoms with E-state index in [2.05, 4.69) is 41.1 Å². The van der Waals surface area contributed by atoms with Crippen molar-refractivity contribution in [3.8, 4) is 0 Å². The topological polar surface area (TPSA) is 36.4 Å². The Hall–Kier alpha value is -2.10. The van der Waals surface area contributed by atoms with Crippen LogP contribution in [0.1, 0.15) is 31.2 Å². The third-order valence-electron chi connectivity index (χ3n) is 5.00. The van der Waals surface area contributed by atoms with E-state index in [0.717, 1.165) is 25.0 Å². The van der Waals surface area contributed by atoms with E-state index < -0.39 is 0 Å². The molecule has 0 unspecified atom stereocenters. The van der Waals surface area contributed by atoms with Gasteiger partial charge in [-0.1, -0.05) is 11.6 Å². The number of pyridine rings is 1. The molecule has 1 saturated heterocycles. The number of nitrogens with zero attached hydrogens (tertiary/aromatic N) is 3. The first-order chi connectivity index (χ1) is 11.5. The molecule has 3 rings (SSSR count). The van der Waals surface area contributed by atoms with Gasteiger partial charge in [0.05, 0.1) is 5.52 Å². The number of hydrogen-bond acceptors (Lipinski definition) is 3. The number of piperidine rings is 1. The number of aromatic nitrogens is 1. The number of carbonyl (C=O) groups is 1. The Morgan fingerprint density at radius 1 is 1.33 bits per heavy atom. The van der Waals surface area contributed by atoms with Gasteiger partial charge in [-0.25, -0.2) is 0 Å². The SMILES string of the molecule is Cc1ccc2nccc(N3CCC[C@H](CCC(=O)N(C)C)C3)c2c1. The molecule has 4 heteroatoms. The predicted molar refractivity (Wildman–Crippen MR) is 99.3 cm³/mol. The molecule has 4 nitrogen and oxygen atoms in total. The fourth-order valence-electron chi connectivity index (χ4n) is 3.59. The molecule has 0 radical (unpaired) electrons. The van der Waals surface area contributed by atoms with E-state index in [9.17, 15) is 4.79 Å². The van der Waals surface area contributed by atoms with Crippen LogP contribution >= 0.6 is 0 Å². The van der Waals surface area contributed by atoms with Crippen LogP contribution in [-0.2, 0) is 4.79 Å². The molecule has 1 aliphatic rings. The van der Waals surface area contributed by atoms with Crippen molar-refractivity contribution >= 4 is 22.5 Å². The minimum atomic E-state index is 0.233. The molecule has 0 N–H and O–H groups in total. The summed E-state index contributed by atoms with van der Waals surface area (Å²) in [5.74, 6) is 0.827. The number of anilines is 1. The molecule has 1 amide bonds. The highest BCUT2D eigenvalue weighted by Crippen LogP contribution is 2.31. The minimum absolute atomic E-state index is 0.233. The van der Waals surface area contributed by atoms with Crippen molar-refractivity contribution in [3.05, 3.63) is 36.0 Å². The maximum absolute atomic E-state index is 11.9. The van der Waals surface area contributed by atoms with Gasteiger partial charge in [-0.3, -0.25) is 9.78 Å². The highest BCUT2D eigenvalue weighted by molar-refractivity contribution is 5.92. The van der Waals surface area contributed by atoms with Crippen molar-refractivity contribution in [2.45, 2.75) is 32.6 Å². The van der Waals surface area contributed by atoms with Crippen LogP contribution in [0.15, 0.2) is 30.5 Å². The predicted octanol–water partition coefficient (Wildman–Crippen LogP) is 3.63. The molecular weight excluding hydrogens is 298 g/mol. The Morgan fingerprint density at radius 3 is 2.96 bits per heavy atom. The van der Waals surface area contributed by atoms with Crippen LogP contribution in [0.2, 0.25) is 0 Å². The first-order valence-electron chi connectivity index (χ1n) is 8.85. The Morgan fingerprint density at radius 2 is 2.17 bits per heavy atom. The van der Waals surface area contributed by atoms with E-state index in [4.69, 9.17) is 0 Å². The van der Waals surface area contributed by atoms with E-state index in [0.29, 0.717) is 12.3 Å². The summed E-state index contributed by atoms with van der Waals surface area (Å²) < 4.78 is 0. The number of carbonyl (C=O) groups excluding carboxylic acids is 1. The van der Waals surface area contributed by atoms with Gasteiger partial charge in [0.15, 0.2) is 0 Å². The normalized spacial score (nSPS) is 18.0. The van der Waals surface area contributed by atoms with E-state index in [1.807, 2.05) is 20.3 Å². The van der Waals surface area contributed by atoms with E-state index in [-0.39, 0.29) is 5.91 Å². The van der Waals surface area contributed by atoms with Crippen molar-refractivity contribution in [1.29, 1.82) is 0 Å². The minimum Gasteiger partial charge on any atom is -0.371 e. The van der Waals surface area contributed by atoms with Crippen molar-refractivity contribution in [3.63, 3.8) is 0 Å². The molecule has 1 atom stereocenters. The molecule has 0 spiro atoms. The number of rotatable bonds is 4. The van der Waals surface area contributed by atoms with Gasteiger partial charge in [0.25, 0.3) is 0 Å². The van der Waals surface area contributed by atoms with Crippen LogP contribution in [0.4, 0.5) is 5.69 Å². The first kappa shape index (κ1) is 16.7. The lowest BCUT2D eigenvalue weighted by atomic mass is 9.92. The summed E-state index contributed by atoms with van der Waals surface area (Å²) in [6.45, 7) is 4.25. The fourth-order valence-corrected chi connectivity index (χ4v) is 3.59. The second kappa shape index (κ2) is 7.20. The molecule has 1 fully saturated rings. The quantitative estimate of drug-likeness (QED) is 0.861. The van der Waals surface area contributed by atoms with Crippen molar-refractivity contribution in [1.82, 2.24) is 9.88 Å². The summed E-state index contributed by atoms with van der Waals surface area (Å²) in [5, 5.41) is 1.24. The lowest BCUT2D eigenvalue weighted by Crippen LogP contribution is -2.36. The smallest absolute Gasteiger partial charge is 0.222 e. The first-order valence-corrected chi connectivity index (χ1v) is 8.85. The Balaban J connectivity index is 1.75. The summed E-state index contributed by atoms with van der Waals surface area (Å²) in [5.41, 5.74) is 3.61. The second-order valence-electron chi connectivity index (χ2n) is 7.13. The van der Waals surface area contributed by atoms with E-state index in [1.54, 1.807) is 4.90 Å². The lowest BCUT2D eigenvalue weighted by Gasteiger charge is -2.35. The summed E-state index contributed by atoms with van der Waals surface area (Å²) in [6, 6.07) is 8.59. The summed E-state index contributed by atoms with van der Waals surface area (Å²) >= 11 is 0. The van der Waals surface area contributed by atoms with Gasteiger partial charge in [0, 0.05) is 50.9 Å². The fraction of sp³-hybridized carbons (Fsp3) is 0.500. The van der Waals surface area contributed by atoms with Crippen LogP contribution in [0.5, 0.6) is 0 Å². The Kier molecular flexibility index (Phi) is 5.03. The van der Waals surface area contributed by atoms with Gasteiger partial charge in [-0.15, -0.1) is 0 Å². The Bertz CT molecular complexity index is 726. The molecule has 1 aromatic heterocycles. The van der Waals surface area contributed by atoms with E-state index in [1.165, 1.54) is 29.5 Å². The molecule has 1 aliphatic heterocycles. The molecule has 1 aromatic carbocycles. The van der Waals surface area contributed by atoms with Gasteiger partial charge in [0.2, 0.25) is 5.91 Å². The molecule has 2 heterocycles. The van der Waals surface area contributed by atoms with Crippen molar-refractivity contribution in [2.75, 3.05) is 32.1 Å².